The van der Waals surface area contributed by atoms with Gasteiger partial charge in [-0.05, 0) is 24.6 Å². The van der Waals surface area contributed by atoms with E-state index in [1.165, 1.54) is 0 Å². The molecule has 0 saturated carbocycles. The van der Waals surface area contributed by atoms with Crippen LogP contribution in [-0.2, 0) is 6.42 Å². The number of hydrogen-bond acceptors (Lipinski definition) is 3. The number of hydrogen-bond donors (Lipinski definition) is 0. The number of benzene rings is 1. The molecule has 1 heterocycles. The summed E-state index contributed by atoms with van der Waals surface area (Å²) in [6, 6.07) is 7.15. The molecule has 94 valence electrons. The minimum atomic E-state index is 0.402. The maximum atomic E-state index is 6.19. The van der Waals surface area contributed by atoms with Gasteiger partial charge in [-0.3, -0.25) is 0 Å². The highest BCUT2D eigenvalue weighted by Crippen LogP contribution is 2.34. The molecule has 0 radical (unpaired) electrons. The van der Waals surface area contributed by atoms with Gasteiger partial charge in [0.05, 0.1) is 17.7 Å². The molecule has 2 rings (SSSR count). The summed E-state index contributed by atoms with van der Waals surface area (Å²) in [6.07, 6.45) is 0.780. The molecule has 0 spiro atoms. The second-order valence-corrected chi connectivity index (χ2v) is 4.47. The van der Waals surface area contributed by atoms with E-state index in [9.17, 15) is 0 Å². The highest BCUT2D eigenvalue weighted by molar-refractivity contribution is 6.33. The fourth-order valence-corrected chi connectivity index (χ4v) is 2.10. The van der Waals surface area contributed by atoms with Gasteiger partial charge in [0.1, 0.15) is 10.9 Å². The summed E-state index contributed by atoms with van der Waals surface area (Å²) in [7, 11) is 1.58. The van der Waals surface area contributed by atoms with Gasteiger partial charge in [-0.1, -0.05) is 36.2 Å². The van der Waals surface area contributed by atoms with Crippen LogP contribution in [0.1, 0.15) is 12.6 Å². The summed E-state index contributed by atoms with van der Waals surface area (Å²) in [5.74, 6) is 1.12. The SMILES string of the molecule is CCc1cc(Cl)nc(-c2c(Cl)cccc2OC)n1. The van der Waals surface area contributed by atoms with E-state index in [4.69, 9.17) is 27.9 Å². The first-order chi connectivity index (χ1) is 8.65. The van der Waals surface area contributed by atoms with Crippen LogP contribution in [0.25, 0.3) is 11.4 Å². The molecule has 0 fully saturated rings. The number of halogens is 2. The van der Waals surface area contributed by atoms with Crippen molar-refractivity contribution in [2.24, 2.45) is 0 Å². The number of nitrogens with zero attached hydrogens (tertiary/aromatic N) is 2. The van der Waals surface area contributed by atoms with E-state index in [2.05, 4.69) is 9.97 Å². The topological polar surface area (TPSA) is 35.0 Å². The van der Waals surface area contributed by atoms with Crippen molar-refractivity contribution in [2.75, 3.05) is 7.11 Å². The number of aryl methyl sites for hydroxylation is 1. The normalized spacial score (nSPS) is 10.4. The van der Waals surface area contributed by atoms with E-state index < -0.39 is 0 Å². The van der Waals surface area contributed by atoms with Crippen molar-refractivity contribution < 1.29 is 4.74 Å². The first-order valence-corrected chi connectivity index (χ1v) is 6.27. The third-order valence-electron chi connectivity index (χ3n) is 2.53. The summed E-state index contributed by atoms with van der Waals surface area (Å²) in [4.78, 5) is 8.64. The average molecular weight is 283 g/mol. The van der Waals surface area contributed by atoms with Gasteiger partial charge in [0.15, 0.2) is 5.82 Å². The van der Waals surface area contributed by atoms with Gasteiger partial charge in [-0.15, -0.1) is 0 Å². The van der Waals surface area contributed by atoms with E-state index in [0.29, 0.717) is 27.3 Å². The Balaban J connectivity index is 2.64. The molecule has 5 heteroatoms. The second-order valence-electron chi connectivity index (χ2n) is 3.68. The standard InChI is InChI=1S/C13H12Cl2N2O/c1-3-8-7-11(15)17-13(16-8)12-9(14)5-4-6-10(12)18-2/h4-7H,3H2,1-2H3. The van der Waals surface area contributed by atoms with Gasteiger partial charge < -0.3 is 4.74 Å². The summed E-state index contributed by atoms with van der Waals surface area (Å²) in [5, 5.41) is 0.942. The molecule has 3 nitrogen and oxygen atoms in total. The molecule has 0 N–H and O–H groups in total. The number of ether oxygens (including phenoxy) is 1. The van der Waals surface area contributed by atoms with Gasteiger partial charge >= 0.3 is 0 Å². The summed E-state index contributed by atoms with van der Waals surface area (Å²) >= 11 is 12.2. The molecule has 0 amide bonds. The Morgan fingerprint density at radius 1 is 1.22 bits per heavy atom. The highest BCUT2D eigenvalue weighted by atomic mass is 35.5. The van der Waals surface area contributed by atoms with Crippen molar-refractivity contribution in [3.8, 4) is 17.1 Å². The Morgan fingerprint density at radius 2 is 2.00 bits per heavy atom. The zero-order valence-corrected chi connectivity index (χ0v) is 11.6. The second kappa shape index (κ2) is 5.55. The van der Waals surface area contributed by atoms with Crippen LogP contribution in [0.2, 0.25) is 10.2 Å². The predicted octanol–water partition coefficient (Wildman–Crippen LogP) is 4.02. The van der Waals surface area contributed by atoms with Gasteiger partial charge in [0, 0.05) is 5.69 Å². The smallest absolute Gasteiger partial charge is 0.166 e. The lowest BCUT2D eigenvalue weighted by atomic mass is 10.1. The maximum Gasteiger partial charge on any atom is 0.166 e. The van der Waals surface area contributed by atoms with E-state index in [1.54, 1.807) is 19.2 Å². The van der Waals surface area contributed by atoms with Gasteiger partial charge in [0.2, 0.25) is 0 Å². The number of methoxy groups -OCH3 is 1. The van der Waals surface area contributed by atoms with E-state index in [1.807, 2.05) is 19.1 Å². The van der Waals surface area contributed by atoms with E-state index in [0.717, 1.165) is 12.1 Å². The van der Waals surface area contributed by atoms with Gasteiger partial charge in [0.25, 0.3) is 0 Å². The maximum absolute atomic E-state index is 6.19. The molecule has 18 heavy (non-hydrogen) atoms. The van der Waals surface area contributed by atoms with Crippen LogP contribution in [0.15, 0.2) is 24.3 Å². The van der Waals surface area contributed by atoms with Gasteiger partial charge in [-0.25, -0.2) is 9.97 Å². The molecule has 2 aromatic rings. The molecule has 0 aliphatic heterocycles. The Labute approximate surface area is 116 Å². The molecule has 0 saturated heterocycles. The Kier molecular flexibility index (Phi) is 4.04. The minimum absolute atomic E-state index is 0.402. The molecular formula is C13H12Cl2N2O. The van der Waals surface area contributed by atoms with E-state index >= 15 is 0 Å². The predicted molar refractivity (Wildman–Crippen MR) is 73.4 cm³/mol. The first kappa shape index (κ1) is 13.1. The highest BCUT2D eigenvalue weighted by Gasteiger charge is 2.14. The first-order valence-electron chi connectivity index (χ1n) is 5.52. The molecule has 0 atom stereocenters. The summed E-state index contributed by atoms with van der Waals surface area (Å²) in [6.45, 7) is 2.01. The van der Waals surface area contributed by atoms with Gasteiger partial charge in [-0.2, -0.15) is 0 Å². The van der Waals surface area contributed by atoms with Crippen LogP contribution in [-0.4, -0.2) is 17.1 Å². The van der Waals surface area contributed by atoms with Crippen molar-refractivity contribution in [3.63, 3.8) is 0 Å². The largest absolute Gasteiger partial charge is 0.496 e. The zero-order valence-electron chi connectivity index (χ0n) is 10.1. The number of rotatable bonds is 3. The lowest BCUT2D eigenvalue weighted by Crippen LogP contribution is -1.97. The lowest BCUT2D eigenvalue weighted by Gasteiger charge is -2.10. The fraction of sp³-hybridized carbons (Fsp3) is 0.231. The lowest BCUT2D eigenvalue weighted by molar-refractivity contribution is 0.416. The van der Waals surface area contributed by atoms with Crippen molar-refractivity contribution in [1.29, 1.82) is 0 Å². The Hall–Kier alpha value is -1.32. The zero-order chi connectivity index (χ0) is 13.1. The van der Waals surface area contributed by atoms with Crippen LogP contribution in [0.3, 0.4) is 0 Å². The Morgan fingerprint density at radius 3 is 2.67 bits per heavy atom. The minimum Gasteiger partial charge on any atom is -0.496 e. The van der Waals surface area contributed by atoms with Crippen molar-refractivity contribution in [3.05, 3.63) is 40.1 Å². The van der Waals surface area contributed by atoms with Crippen molar-refractivity contribution >= 4 is 23.2 Å². The molecule has 0 aliphatic carbocycles. The average Bonchev–Trinajstić information content (AvgIpc) is 2.37. The van der Waals surface area contributed by atoms with Crippen LogP contribution in [0, 0.1) is 0 Å². The van der Waals surface area contributed by atoms with Crippen LogP contribution >= 0.6 is 23.2 Å². The summed E-state index contributed by atoms with van der Waals surface area (Å²) in [5.41, 5.74) is 1.53. The quantitative estimate of drug-likeness (QED) is 0.798. The molecule has 1 aromatic carbocycles. The summed E-state index contributed by atoms with van der Waals surface area (Å²) < 4.78 is 5.29. The van der Waals surface area contributed by atoms with Crippen molar-refractivity contribution in [1.82, 2.24) is 9.97 Å². The number of aromatic nitrogens is 2. The van der Waals surface area contributed by atoms with Crippen LogP contribution < -0.4 is 4.74 Å². The van der Waals surface area contributed by atoms with Crippen LogP contribution in [0.4, 0.5) is 0 Å². The fourth-order valence-electron chi connectivity index (χ4n) is 1.65. The molecule has 0 aliphatic rings. The molecule has 0 unspecified atom stereocenters. The molecule has 0 bridgehead atoms. The monoisotopic (exact) mass is 282 g/mol. The van der Waals surface area contributed by atoms with E-state index in [-0.39, 0.29) is 0 Å². The van der Waals surface area contributed by atoms with Crippen LogP contribution in [0.5, 0.6) is 5.75 Å². The van der Waals surface area contributed by atoms with Crippen molar-refractivity contribution in [2.45, 2.75) is 13.3 Å². The third kappa shape index (κ3) is 2.57. The molecule has 1 aromatic heterocycles. The Bertz CT molecular complexity index is 573. The third-order valence-corrected chi connectivity index (χ3v) is 3.04. The molecular weight excluding hydrogens is 271 g/mol.